The van der Waals surface area contributed by atoms with E-state index in [2.05, 4.69) is 17.2 Å². The molecule has 0 rings (SSSR count). The SMILES string of the molecule is CC(C)O.NCC(=O)O.NCC(=O)O.NCC(=O)O.[Ti]. The van der Waals surface area contributed by atoms with Gasteiger partial charge in [-0.2, -0.15) is 0 Å². The molecule has 0 aromatic heterocycles. The molecule has 0 aromatic carbocycles. The molecule has 0 aliphatic rings. The van der Waals surface area contributed by atoms with E-state index in [1.807, 2.05) is 0 Å². The van der Waals surface area contributed by atoms with Gasteiger partial charge in [0.1, 0.15) is 0 Å². The minimum absolute atomic E-state index is 0. The van der Waals surface area contributed by atoms with Crippen LogP contribution in [0.2, 0.25) is 0 Å². The second kappa shape index (κ2) is 26.5. The smallest absolute Gasteiger partial charge is 0.317 e. The van der Waals surface area contributed by atoms with E-state index in [-0.39, 0.29) is 47.5 Å². The van der Waals surface area contributed by atoms with Gasteiger partial charge in [-0.05, 0) is 13.8 Å². The van der Waals surface area contributed by atoms with Crippen molar-refractivity contribution in [2.24, 2.45) is 17.2 Å². The Kier molecular flexibility index (Phi) is 41.6. The number of carboxylic acids is 3. The third-order valence-corrected chi connectivity index (χ3v) is 0.524. The molecule has 0 aliphatic carbocycles. The fourth-order valence-electron chi connectivity index (χ4n) is 0. The van der Waals surface area contributed by atoms with Gasteiger partial charge in [0.25, 0.3) is 0 Å². The van der Waals surface area contributed by atoms with Gasteiger partial charge in [0.2, 0.25) is 0 Å². The quantitative estimate of drug-likeness (QED) is 0.269. The molecule has 0 saturated heterocycles. The van der Waals surface area contributed by atoms with Crippen LogP contribution in [0, 0.1) is 0 Å². The van der Waals surface area contributed by atoms with Crippen LogP contribution in [0.25, 0.3) is 0 Å². The minimum atomic E-state index is -0.968. The molecule has 11 heteroatoms. The summed E-state index contributed by atoms with van der Waals surface area (Å²) in [5.41, 5.74) is 13.7. The predicted molar refractivity (Wildman–Crippen MR) is 67.4 cm³/mol. The summed E-state index contributed by atoms with van der Waals surface area (Å²) in [4.78, 5) is 27.7. The molecule has 10 N–H and O–H groups in total. The first-order valence-corrected chi connectivity index (χ1v) is 4.98. The first-order chi connectivity index (χ1) is 8.54. The monoisotopic (exact) mass is 333 g/mol. The van der Waals surface area contributed by atoms with Crippen LogP contribution in [-0.2, 0) is 36.1 Å². The van der Waals surface area contributed by atoms with Gasteiger partial charge in [0, 0.05) is 27.8 Å². The molecular weight excluding hydrogens is 310 g/mol. The summed E-state index contributed by atoms with van der Waals surface area (Å²) in [6, 6.07) is 0. The summed E-state index contributed by atoms with van der Waals surface area (Å²) in [6.45, 7) is 2.61. The molecule has 0 amide bonds. The van der Waals surface area contributed by atoms with E-state index >= 15 is 0 Å². The van der Waals surface area contributed by atoms with Crippen molar-refractivity contribution in [3.8, 4) is 0 Å². The van der Waals surface area contributed by atoms with E-state index < -0.39 is 17.9 Å². The predicted octanol–water partition coefficient (Wildman–Crippen LogP) is -2.53. The third kappa shape index (κ3) is 175. The van der Waals surface area contributed by atoms with Crippen molar-refractivity contribution in [1.82, 2.24) is 0 Å². The molecule has 0 aromatic rings. The Morgan fingerprint density at radius 3 is 0.850 bits per heavy atom. The van der Waals surface area contributed by atoms with E-state index in [0.29, 0.717) is 0 Å². The number of hydrogen-bond donors (Lipinski definition) is 7. The van der Waals surface area contributed by atoms with Crippen LogP contribution in [0.15, 0.2) is 0 Å². The van der Waals surface area contributed by atoms with E-state index in [1.165, 1.54) is 0 Å². The Hall–Kier alpha value is -1.04. The summed E-state index contributed by atoms with van der Waals surface area (Å²) in [5.74, 6) is -2.90. The second-order valence-electron chi connectivity index (χ2n) is 2.89. The Morgan fingerprint density at radius 1 is 0.800 bits per heavy atom. The Morgan fingerprint density at radius 2 is 0.850 bits per heavy atom. The maximum Gasteiger partial charge on any atom is 0.317 e. The number of carboxylic acid groups (broad SMARTS) is 3. The van der Waals surface area contributed by atoms with Gasteiger partial charge in [-0.3, -0.25) is 14.4 Å². The minimum Gasteiger partial charge on any atom is -0.480 e. The van der Waals surface area contributed by atoms with Crippen molar-refractivity contribution >= 4 is 17.9 Å². The summed E-state index contributed by atoms with van der Waals surface area (Å²) in [7, 11) is 0. The zero-order valence-corrected chi connectivity index (χ0v) is 13.0. The summed E-state index contributed by atoms with van der Waals surface area (Å²) < 4.78 is 0. The molecule has 0 spiro atoms. The van der Waals surface area contributed by atoms with Gasteiger partial charge in [-0.1, -0.05) is 0 Å². The van der Waals surface area contributed by atoms with Crippen molar-refractivity contribution in [1.29, 1.82) is 0 Å². The van der Waals surface area contributed by atoms with Crippen molar-refractivity contribution < 1.29 is 56.5 Å². The van der Waals surface area contributed by atoms with E-state index in [0.717, 1.165) is 0 Å². The van der Waals surface area contributed by atoms with E-state index in [4.69, 9.17) is 20.4 Å². The Balaban J connectivity index is -0.0000000494. The van der Waals surface area contributed by atoms with Crippen LogP contribution >= 0.6 is 0 Å². The molecule has 0 aliphatic heterocycles. The second-order valence-corrected chi connectivity index (χ2v) is 2.89. The molecule has 10 nitrogen and oxygen atoms in total. The number of rotatable bonds is 3. The van der Waals surface area contributed by atoms with Gasteiger partial charge in [-0.15, -0.1) is 0 Å². The average molecular weight is 333 g/mol. The largest absolute Gasteiger partial charge is 0.480 e. The standard InChI is InChI=1S/C3H8O.3C2H5NO2.Ti/c1-3(2)4;3*3-1-2(4)5;/h3-4H,1-2H3;3*1,3H2,(H,4,5);. The van der Waals surface area contributed by atoms with Gasteiger partial charge >= 0.3 is 17.9 Å². The number of hydrogen-bond acceptors (Lipinski definition) is 7. The first kappa shape index (κ1) is 31.4. The number of carbonyl (C=O) groups is 3. The maximum atomic E-state index is 9.24. The molecule has 0 atom stereocenters. The van der Waals surface area contributed by atoms with Crippen LogP contribution in [0.3, 0.4) is 0 Å². The molecule has 120 valence electrons. The average Bonchev–Trinajstić information content (AvgIpc) is 2.29. The van der Waals surface area contributed by atoms with Crippen LogP contribution in [0.4, 0.5) is 0 Å². The van der Waals surface area contributed by atoms with Crippen LogP contribution in [-0.4, -0.2) is 64.1 Å². The van der Waals surface area contributed by atoms with Crippen LogP contribution in [0.1, 0.15) is 13.8 Å². The van der Waals surface area contributed by atoms with Crippen LogP contribution in [0.5, 0.6) is 0 Å². The van der Waals surface area contributed by atoms with Crippen molar-refractivity contribution in [2.45, 2.75) is 20.0 Å². The molecule has 0 heterocycles. The zero-order chi connectivity index (χ0) is 16.4. The number of aliphatic hydroxyl groups excluding tert-OH is 1. The molecular formula is C9H23N3O7Ti. The Labute approximate surface area is 131 Å². The van der Waals surface area contributed by atoms with Gasteiger partial charge in [0.15, 0.2) is 0 Å². The van der Waals surface area contributed by atoms with Gasteiger partial charge in [-0.25, -0.2) is 0 Å². The summed E-state index contributed by atoms with van der Waals surface area (Å²) in [5, 5.41) is 30.8. The fraction of sp³-hybridized carbons (Fsp3) is 0.667. The van der Waals surface area contributed by atoms with Gasteiger partial charge < -0.3 is 37.6 Å². The van der Waals surface area contributed by atoms with Crippen molar-refractivity contribution in [3.63, 3.8) is 0 Å². The molecule has 0 radical (unpaired) electrons. The summed E-state index contributed by atoms with van der Waals surface area (Å²) in [6.07, 6.45) is -0.167. The normalized spacial score (nSPS) is 7.35. The fourth-order valence-corrected chi connectivity index (χ4v) is 0. The van der Waals surface area contributed by atoms with Gasteiger partial charge in [0.05, 0.1) is 19.6 Å². The van der Waals surface area contributed by atoms with Crippen molar-refractivity contribution in [2.75, 3.05) is 19.6 Å². The van der Waals surface area contributed by atoms with E-state index in [1.54, 1.807) is 13.8 Å². The molecule has 20 heavy (non-hydrogen) atoms. The Bertz CT molecular complexity index is 204. The number of nitrogens with two attached hydrogens (primary N) is 3. The zero-order valence-electron chi connectivity index (χ0n) is 11.4. The molecule has 0 saturated carbocycles. The topological polar surface area (TPSA) is 210 Å². The first-order valence-electron chi connectivity index (χ1n) is 4.98. The third-order valence-electron chi connectivity index (χ3n) is 0.524. The number of aliphatic hydroxyl groups is 1. The van der Waals surface area contributed by atoms with Crippen molar-refractivity contribution in [3.05, 3.63) is 0 Å². The molecule has 0 bridgehead atoms. The van der Waals surface area contributed by atoms with E-state index in [9.17, 15) is 14.4 Å². The molecule has 0 unspecified atom stereocenters. The van der Waals surface area contributed by atoms with Crippen LogP contribution < -0.4 is 17.2 Å². The maximum absolute atomic E-state index is 9.24. The molecule has 0 fully saturated rings. The summed E-state index contributed by atoms with van der Waals surface area (Å²) >= 11 is 0. The number of aliphatic carboxylic acids is 3.